The molecule has 0 bridgehead atoms. The van der Waals surface area contributed by atoms with E-state index in [-0.39, 0.29) is 5.82 Å². The fourth-order valence-electron chi connectivity index (χ4n) is 2.44. The topological polar surface area (TPSA) is 6.48 Å². The second-order valence-corrected chi connectivity index (χ2v) is 4.74. The molecule has 1 aromatic rings. The predicted molar refractivity (Wildman–Crippen MR) is 65.4 cm³/mol. The summed E-state index contributed by atoms with van der Waals surface area (Å²) in [5, 5.41) is 0. The Labute approximate surface area is 96.7 Å². The summed E-state index contributed by atoms with van der Waals surface area (Å²) in [5.74, 6) is -0.150. The number of halogens is 1. The zero-order valence-electron chi connectivity index (χ0n) is 10.2. The molecule has 88 valence electrons. The molecule has 16 heavy (non-hydrogen) atoms. The molecule has 1 aromatic carbocycles. The van der Waals surface area contributed by atoms with Crippen LogP contribution in [-0.2, 0) is 0 Å². The van der Waals surface area contributed by atoms with Crippen LogP contribution in [0.3, 0.4) is 0 Å². The van der Waals surface area contributed by atoms with Gasteiger partial charge in [0.15, 0.2) is 0 Å². The van der Waals surface area contributed by atoms with Gasteiger partial charge in [-0.25, -0.2) is 4.39 Å². The van der Waals surface area contributed by atoms with Gasteiger partial charge < -0.3 is 9.80 Å². The monoisotopic (exact) mass is 222 g/mol. The molecule has 0 saturated carbocycles. The number of rotatable bonds is 1. The van der Waals surface area contributed by atoms with Crippen molar-refractivity contribution in [2.75, 3.05) is 31.6 Å². The Morgan fingerprint density at radius 1 is 1.31 bits per heavy atom. The predicted octanol–water partition coefficient (Wildman–Crippen LogP) is 2.27. The molecule has 1 aliphatic heterocycles. The van der Waals surface area contributed by atoms with E-state index in [9.17, 15) is 4.39 Å². The SMILES string of the molecule is Cc1cc(F)ccc1N1CCN(C)C[C@@H]1C. The molecule has 2 nitrogen and oxygen atoms in total. The van der Waals surface area contributed by atoms with Crippen molar-refractivity contribution >= 4 is 5.69 Å². The fraction of sp³-hybridized carbons (Fsp3) is 0.538. The van der Waals surface area contributed by atoms with Crippen molar-refractivity contribution < 1.29 is 4.39 Å². The van der Waals surface area contributed by atoms with Crippen molar-refractivity contribution in [2.24, 2.45) is 0 Å². The van der Waals surface area contributed by atoms with Gasteiger partial charge in [-0.1, -0.05) is 0 Å². The van der Waals surface area contributed by atoms with E-state index in [0.29, 0.717) is 6.04 Å². The zero-order valence-corrected chi connectivity index (χ0v) is 10.2. The summed E-state index contributed by atoms with van der Waals surface area (Å²) in [5.41, 5.74) is 2.19. The summed E-state index contributed by atoms with van der Waals surface area (Å²) in [7, 11) is 2.14. The molecule has 0 spiro atoms. The van der Waals surface area contributed by atoms with Crippen LogP contribution in [0.1, 0.15) is 12.5 Å². The third kappa shape index (κ3) is 2.19. The van der Waals surface area contributed by atoms with E-state index in [0.717, 1.165) is 25.2 Å². The van der Waals surface area contributed by atoms with Crippen molar-refractivity contribution in [2.45, 2.75) is 19.9 Å². The van der Waals surface area contributed by atoms with Crippen LogP contribution >= 0.6 is 0 Å². The Kier molecular flexibility index (Phi) is 3.15. The van der Waals surface area contributed by atoms with Crippen LogP contribution in [-0.4, -0.2) is 37.6 Å². The Hall–Kier alpha value is -1.09. The molecule has 1 saturated heterocycles. The molecular weight excluding hydrogens is 203 g/mol. The average Bonchev–Trinajstić information content (AvgIpc) is 2.19. The minimum absolute atomic E-state index is 0.150. The normalized spacial score (nSPS) is 22.5. The Morgan fingerprint density at radius 2 is 2.06 bits per heavy atom. The van der Waals surface area contributed by atoms with Gasteiger partial charge in [0.25, 0.3) is 0 Å². The van der Waals surface area contributed by atoms with E-state index in [1.807, 2.05) is 13.0 Å². The van der Waals surface area contributed by atoms with Crippen LogP contribution in [0.4, 0.5) is 10.1 Å². The highest BCUT2D eigenvalue weighted by atomic mass is 19.1. The number of piperazine rings is 1. The number of aryl methyl sites for hydroxylation is 1. The molecule has 2 rings (SSSR count). The largest absolute Gasteiger partial charge is 0.366 e. The minimum Gasteiger partial charge on any atom is -0.366 e. The molecule has 1 aliphatic rings. The lowest BCUT2D eigenvalue weighted by atomic mass is 10.1. The Balaban J connectivity index is 2.23. The summed E-state index contributed by atoms with van der Waals surface area (Å²) in [4.78, 5) is 4.70. The second-order valence-electron chi connectivity index (χ2n) is 4.74. The lowest BCUT2D eigenvalue weighted by molar-refractivity contribution is 0.275. The summed E-state index contributed by atoms with van der Waals surface area (Å²) < 4.78 is 13.0. The molecule has 3 heteroatoms. The molecule has 0 aliphatic carbocycles. The fourth-order valence-corrected chi connectivity index (χ4v) is 2.44. The van der Waals surface area contributed by atoms with E-state index in [1.165, 1.54) is 5.69 Å². The molecule has 0 N–H and O–H groups in total. The highest BCUT2D eigenvalue weighted by molar-refractivity contribution is 5.54. The number of nitrogens with zero attached hydrogens (tertiary/aromatic N) is 2. The third-order valence-electron chi connectivity index (χ3n) is 3.30. The van der Waals surface area contributed by atoms with Crippen LogP contribution in [0, 0.1) is 12.7 Å². The summed E-state index contributed by atoms with van der Waals surface area (Å²) in [6, 6.07) is 5.54. The van der Waals surface area contributed by atoms with Crippen LogP contribution in [0.25, 0.3) is 0 Å². The Bertz CT molecular complexity index is 378. The van der Waals surface area contributed by atoms with Gasteiger partial charge in [0.05, 0.1) is 0 Å². The van der Waals surface area contributed by atoms with Crippen LogP contribution in [0.5, 0.6) is 0 Å². The van der Waals surface area contributed by atoms with Gasteiger partial charge in [-0.2, -0.15) is 0 Å². The zero-order chi connectivity index (χ0) is 11.7. The second kappa shape index (κ2) is 4.42. The van der Waals surface area contributed by atoms with Crippen LogP contribution < -0.4 is 4.90 Å². The molecule has 0 radical (unpaired) electrons. The first-order valence-electron chi connectivity index (χ1n) is 5.79. The van der Waals surface area contributed by atoms with Gasteiger partial charge >= 0.3 is 0 Å². The lowest BCUT2D eigenvalue weighted by Gasteiger charge is -2.40. The van der Waals surface area contributed by atoms with Gasteiger partial charge in [-0.05, 0) is 44.7 Å². The molecule has 0 unspecified atom stereocenters. The maximum absolute atomic E-state index is 13.0. The van der Waals surface area contributed by atoms with Crippen molar-refractivity contribution in [1.82, 2.24) is 4.90 Å². The van der Waals surface area contributed by atoms with Gasteiger partial charge in [0.1, 0.15) is 5.82 Å². The minimum atomic E-state index is -0.150. The molecular formula is C13H19FN2. The van der Waals surface area contributed by atoms with Crippen molar-refractivity contribution in [3.05, 3.63) is 29.6 Å². The number of benzene rings is 1. The Morgan fingerprint density at radius 3 is 2.69 bits per heavy atom. The molecule has 1 atom stereocenters. The standard InChI is InChI=1S/C13H19FN2/c1-10-8-12(14)4-5-13(10)16-7-6-15(3)9-11(16)2/h4-5,8,11H,6-7,9H2,1-3H3/t11-/m0/s1. The maximum Gasteiger partial charge on any atom is 0.123 e. The summed E-state index contributed by atoms with van der Waals surface area (Å²) in [6.07, 6.45) is 0. The van der Waals surface area contributed by atoms with Crippen LogP contribution in [0.2, 0.25) is 0 Å². The first kappa shape index (κ1) is 11.4. The van der Waals surface area contributed by atoms with Gasteiger partial charge in [-0.15, -0.1) is 0 Å². The lowest BCUT2D eigenvalue weighted by Crippen LogP contribution is -2.50. The number of anilines is 1. The highest BCUT2D eigenvalue weighted by Gasteiger charge is 2.22. The first-order valence-corrected chi connectivity index (χ1v) is 5.79. The molecule has 1 fully saturated rings. The van der Waals surface area contributed by atoms with E-state index < -0.39 is 0 Å². The van der Waals surface area contributed by atoms with Crippen molar-refractivity contribution in [3.63, 3.8) is 0 Å². The van der Waals surface area contributed by atoms with Crippen molar-refractivity contribution in [3.8, 4) is 0 Å². The number of hydrogen-bond donors (Lipinski definition) is 0. The molecule has 0 amide bonds. The highest BCUT2D eigenvalue weighted by Crippen LogP contribution is 2.24. The van der Waals surface area contributed by atoms with E-state index in [1.54, 1.807) is 12.1 Å². The molecule has 0 aromatic heterocycles. The molecule has 1 heterocycles. The number of hydrogen-bond acceptors (Lipinski definition) is 2. The van der Waals surface area contributed by atoms with Gasteiger partial charge in [0, 0.05) is 31.4 Å². The quantitative estimate of drug-likeness (QED) is 0.719. The maximum atomic E-state index is 13.0. The summed E-state index contributed by atoms with van der Waals surface area (Å²) in [6.45, 7) is 7.35. The van der Waals surface area contributed by atoms with Crippen molar-refractivity contribution in [1.29, 1.82) is 0 Å². The van der Waals surface area contributed by atoms with E-state index in [2.05, 4.69) is 23.8 Å². The van der Waals surface area contributed by atoms with Gasteiger partial charge in [-0.3, -0.25) is 0 Å². The first-order chi connectivity index (χ1) is 7.58. The van der Waals surface area contributed by atoms with E-state index in [4.69, 9.17) is 0 Å². The third-order valence-corrected chi connectivity index (χ3v) is 3.30. The van der Waals surface area contributed by atoms with E-state index >= 15 is 0 Å². The number of likely N-dealkylation sites (N-methyl/N-ethyl adjacent to an activating group) is 1. The van der Waals surface area contributed by atoms with Gasteiger partial charge in [0.2, 0.25) is 0 Å². The smallest absolute Gasteiger partial charge is 0.123 e. The van der Waals surface area contributed by atoms with Crippen LogP contribution in [0.15, 0.2) is 18.2 Å². The average molecular weight is 222 g/mol. The summed E-state index contributed by atoms with van der Waals surface area (Å²) >= 11 is 0.